The number of hydrogen-bond donors (Lipinski definition) is 3. The van der Waals surface area contributed by atoms with Gasteiger partial charge in [-0.25, -0.2) is 12.8 Å². The van der Waals surface area contributed by atoms with Gasteiger partial charge >= 0.3 is 0 Å². The van der Waals surface area contributed by atoms with Gasteiger partial charge in [-0.05, 0) is 60.5 Å². The molecule has 1 saturated heterocycles. The highest BCUT2D eigenvalue weighted by Gasteiger charge is 2.21. The molecule has 1 amide bonds. The van der Waals surface area contributed by atoms with Crippen molar-refractivity contribution in [2.45, 2.75) is 18.4 Å². The minimum atomic E-state index is -3.87. The minimum absolute atomic E-state index is 0.153. The van der Waals surface area contributed by atoms with Crippen LogP contribution in [0.15, 0.2) is 71.6 Å². The van der Waals surface area contributed by atoms with E-state index >= 15 is 0 Å². The molecule has 9 heteroatoms. The molecule has 0 aliphatic carbocycles. The smallest absolute Gasteiger partial charge is 0.261 e. The van der Waals surface area contributed by atoms with Crippen LogP contribution in [0, 0.1) is 12.7 Å². The molecule has 0 spiro atoms. The van der Waals surface area contributed by atoms with Crippen LogP contribution < -0.4 is 20.3 Å². The van der Waals surface area contributed by atoms with Gasteiger partial charge in [0.25, 0.3) is 15.9 Å². The summed E-state index contributed by atoms with van der Waals surface area (Å²) in [6.07, 6.45) is 0. The fourth-order valence-electron chi connectivity index (χ4n) is 3.86. The van der Waals surface area contributed by atoms with Crippen LogP contribution in [0.4, 0.5) is 15.8 Å². The van der Waals surface area contributed by atoms with Crippen molar-refractivity contribution in [1.29, 1.82) is 0 Å². The summed E-state index contributed by atoms with van der Waals surface area (Å²) in [6, 6.07) is 17.6. The van der Waals surface area contributed by atoms with Crippen LogP contribution in [-0.4, -0.2) is 40.5 Å². The molecular weight excluding hydrogens is 455 g/mol. The molecule has 1 fully saturated rings. The molecule has 0 saturated carbocycles. The Labute approximate surface area is 199 Å². The molecule has 0 unspecified atom stereocenters. The first-order valence-corrected chi connectivity index (χ1v) is 12.5. The normalized spacial score (nSPS) is 14.0. The van der Waals surface area contributed by atoms with Gasteiger partial charge in [-0.15, -0.1) is 0 Å². The van der Waals surface area contributed by atoms with E-state index in [0.29, 0.717) is 35.6 Å². The van der Waals surface area contributed by atoms with Gasteiger partial charge in [-0.1, -0.05) is 24.3 Å². The van der Waals surface area contributed by atoms with E-state index in [2.05, 4.69) is 20.3 Å². The van der Waals surface area contributed by atoms with Gasteiger partial charge in [0.2, 0.25) is 0 Å². The van der Waals surface area contributed by atoms with Crippen LogP contribution in [-0.2, 0) is 16.6 Å². The number of nitrogens with one attached hydrogen (secondary N) is 3. The summed E-state index contributed by atoms with van der Waals surface area (Å²) in [5.41, 5.74) is 2.81. The third-order valence-corrected chi connectivity index (χ3v) is 6.97. The van der Waals surface area contributed by atoms with Crippen molar-refractivity contribution >= 4 is 27.3 Å². The Balaban J connectivity index is 1.62. The first-order valence-electron chi connectivity index (χ1n) is 11.0. The minimum Gasteiger partial charge on any atom is -0.367 e. The average Bonchev–Trinajstić information content (AvgIpc) is 2.83. The number of rotatable bonds is 7. The predicted octanol–water partition coefficient (Wildman–Crippen LogP) is 3.27. The molecule has 1 aliphatic rings. The predicted molar refractivity (Wildman–Crippen MR) is 131 cm³/mol. The topological polar surface area (TPSA) is 90.5 Å². The second-order valence-corrected chi connectivity index (χ2v) is 9.89. The van der Waals surface area contributed by atoms with Crippen LogP contribution in [0.1, 0.15) is 21.5 Å². The van der Waals surface area contributed by atoms with E-state index in [-0.39, 0.29) is 23.2 Å². The molecule has 4 rings (SSSR count). The number of sulfonamides is 1. The van der Waals surface area contributed by atoms with Gasteiger partial charge in [0.05, 0.1) is 16.3 Å². The van der Waals surface area contributed by atoms with Gasteiger partial charge in [-0.2, -0.15) is 0 Å². The molecule has 3 aromatic rings. The zero-order valence-corrected chi connectivity index (χ0v) is 19.7. The van der Waals surface area contributed by atoms with E-state index in [4.69, 9.17) is 0 Å². The van der Waals surface area contributed by atoms with Gasteiger partial charge in [0, 0.05) is 38.3 Å². The number of hydrogen-bond acceptors (Lipinski definition) is 5. The highest BCUT2D eigenvalue weighted by Crippen LogP contribution is 2.30. The van der Waals surface area contributed by atoms with E-state index in [1.165, 1.54) is 18.2 Å². The Morgan fingerprint density at radius 1 is 1.03 bits per heavy atom. The largest absolute Gasteiger partial charge is 0.367 e. The van der Waals surface area contributed by atoms with Gasteiger partial charge in [-0.3, -0.25) is 9.52 Å². The SMILES string of the molecule is Cc1cccc(S(=O)(=O)Nc2cc(C(=O)NCc3cccc(F)c3)ccc2N2CCNCC2)c1. The summed E-state index contributed by atoms with van der Waals surface area (Å²) in [5, 5.41) is 6.04. The summed E-state index contributed by atoms with van der Waals surface area (Å²) in [4.78, 5) is 15.1. The Bertz CT molecular complexity index is 1290. The Morgan fingerprint density at radius 3 is 2.53 bits per heavy atom. The van der Waals surface area contributed by atoms with Crippen molar-refractivity contribution in [2.24, 2.45) is 0 Å². The lowest BCUT2D eigenvalue weighted by atomic mass is 10.1. The maximum atomic E-state index is 13.4. The molecule has 0 radical (unpaired) electrons. The molecule has 0 atom stereocenters. The molecule has 7 nitrogen and oxygen atoms in total. The van der Waals surface area contributed by atoms with Crippen molar-refractivity contribution in [3.8, 4) is 0 Å². The number of benzene rings is 3. The Morgan fingerprint density at radius 2 is 1.79 bits per heavy atom. The number of carbonyl (C=O) groups excluding carboxylic acids is 1. The summed E-state index contributed by atoms with van der Waals surface area (Å²) < 4.78 is 42.4. The van der Waals surface area contributed by atoms with Crippen molar-refractivity contribution in [3.05, 3.63) is 89.2 Å². The van der Waals surface area contributed by atoms with Crippen LogP contribution >= 0.6 is 0 Å². The van der Waals surface area contributed by atoms with Crippen LogP contribution in [0.5, 0.6) is 0 Å². The number of amides is 1. The van der Waals surface area contributed by atoms with Gasteiger partial charge < -0.3 is 15.5 Å². The Hall–Kier alpha value is -3.43. The van der Waals surface area contributed by atoms with E-state index in [9.17, 15) is 17.6 Å². The van der Waals surface area contributed by atoms with Crippen molar-refractivity contribution in [1.82, 2.24) is 10.6 Å². The molecule has 1 aliphatic heterocycles. The number of carbonyl (C=O) groups is 1. The molecule has 3 aromatic carbocycles. The number of anilines is 2. The van der Waals surface area contributed by atoms with Crippen LogP contribution in [0.3, 0.4) is 0 Å². The number of halogens is 1. The van der Waals surface area contributed by atoms with E-state index in [1.807, 2.05) is 13.0 Å². The highest BCUT2D eigenvalue weighted by atomic mass is 32.2. The summed E-state index contributed by atoms with van der Waals surface area (Å²) in [6.45, 7) is 4.96. The third kappa shape index (κ3) is 5.73. The summed E-state index contributed by atoms with van der Waals surface area (Å²) in [7, 11) is -3.87. The lowest BCUT2D eigenvalue weighted by Crippen LogP contribution is -2.43. The zero-order chi connectivity index (χ0) is 24.1. The van der Waals surface area contributed by atoms with Crippen molar-refractivity contribution < 1.29 is 17.6 Å². The molecule has 0 aromatic heterocycles. The lowest BCUT2D eigenvalue weighted by molar-refractivity contribution is 0.0951. The van der Waals surface area contributed by atoms with Gasteiger partial charge in [0.15, 0.2) is 0 Å². The standard InChI is InChI=1S/C25H27FN4O3S/c1-18-4-2-7-22(14-18)34(32,33)29-23-16-20(8-9-24(23)30-12-10-27-11-13-30)25(31)28-17-19-5-3-6-21(26)15-19/h2-9,14-16,27,29H,10-13,17H2,1H3,(H,28,31). The van der Waals surface area contributed by atoms with Crippen LogP contribution in [0.2, 0.25) is 0 Å². The quantitative estimate of drug-likeness (QED) is 0.481. The van der Waals surface area contributed by atoms with E-state index in [1.54, 1.807) is 42.5 Å². The second kappa shape index (κ2) is 10.2. The number of aryl methyl sites for hydroxylation is 1. The molecular formula is C25H27FN4O3S. The van der Waals surface area contributed by atoms with Crippen molar-refractivity contribution in [2.75, 3.05) is 35.8 Å². The van der Waals surface area contributed by atoms with Crippen LogP contribution in [0.25, 0.3) is 0 Å². The maximum absolute atomic E-state index is 13.4. The third-order valence-electron chi connectivity index (χ3n) is 5.60. The summed E-state index contributed by atoms with van der Waals surface area (Å²) in [5.74, 6) is -0.757. The fourth-order valence-corrected chi connectivity index (χ4v) is 5.03. The average molecular weight is 483 g/mol. The first-order chi connectivity index (χ1) is 16.3. The fraction of sp³-hybridized carbons (Fsp3) is 0.240. The van der Waals surface area contributed by atoms with Crippen molar-refractivity contribution in [3.63, 3.8) is 0 Å². The van der Waals surface area contributed by atoms with E-state index < -0.39 is 10.0 Å². The molecule has 3 N–H and O–H groups in total. The number of piperazine rings is 1. The van der Waals surface area contributed by atoms with E-state index in [0.717, 1.165) is 18.7 Å². The van der Waals surface area contributed by atoms with Gasteiger partial charge in [0.1, 0.15) is 5.82 Å². The summed E-state index contributed by atoms with van der Waals surface area (Å²) >= 11 is 0. The molecule has 34 heavy (non-hydrogen) atoms. The molecule has 0 bridgehead atoms. The lowest BCUT2D eigenvalue weighted by Gasteiger charge is -2.31. The highest BCUT2D eigenvalue weighted by molar-refractivity contribution is 7.92. The zero-order valence-electron chi connectivity index (χ0n) is 18.8. The first kappa shape index (κ1) is 23.7. The molecule has 1 heterocycles. The monoisotopic (exact) mass is 482 g/mol. The maximum Gasteiger partial charge on any atom is 0.261 e. The molecule has 178 valence electrons. The second-order valence-electron chi connectivity index (χ2n) is 8.20. The number of nitrogens with zero attached hydrogens (tertiary/aromatic N) is 1. The Kier molecular flexibility index (Phi) is 7.14.